The molecule has 1 atom stereocenters. The maximum atomic E-state index is 13.0. The fourth-order valence-corrected chi connectivity index (χ4v) is 1.01. The zero-order chi connectivity index (χ0) is 9.84. The van der Waals surface area contributed by atoms with Gasteiger partial charge < -0.3 is 5.73 Å². The summed E-state index contributed by atoms with van der Waals surface area (Å²) in [4.78, 5) is 0. The van der Waals surface area contributed by atoms with Crippen LogP contribution in [0.2, 0.25) is 0 Å². The normalized spacial score (nSPS) is 12.2. The minimum atomic E-state index is -0.763. The number of nitrogens with zero attached hydrogens (tertiary/aromatic N) is 1. The largest absolute Gasteiger partial charge is 0.323 e. The minimum Gasteiger partial charge on any atom is -0.323 e. The van der Waals surface area contributed by atoms with Crippen LogP contribution >= 0.6 is 0 Å². The van der Waals surface area contributed by atoms with E-state index in [0.29, 0.717) is 0 Å². The van der Waals surface area contributed by atoms with Crippen LogP contribution in [-0.2, 0) is 0 Å². The van der Waals surface area contributed by atoms with Gasteiger partial charge in [0.15, 0.2) is 0 Å². The van der Waals surface area contributed by atoms with Crippen LogP contribution in [-0.4, -0.2) is 0 Å². The first-order valence-electron chi connectivity index (χ1n) is 3.72. The molecule has 0 aromatic heterocycles. The molecule has 2 N–H and O–H groups in total. The van der Waals surface area contributed by atoms with Crippen molar-refractivity contribution in [2.45, 2.75) is 12.5 Å². The van der Waals surface area contributed by atoms with E-state index < -0.39 is 17.7 Å². The van der Waals surface area contributed by atoms with Gasteiger partial charge in [0.2, 0.25) is 0 Å². The first-order chi connectivity index (χ1) is 6.15. The molecule has 0 heterocycles. The Morgan fingerprint density at radius 1 is 1.46 bits per heavy atom. The molecule has 0 bridgehead atoms. The molecule has 0 aliphatic carbocycles. The summed E-state index contributed by atoms with van der Waals surface area (Å²) >= 11 is 0. The van der Waals surface area contributed by atoms with Crippen molar-refractivity contribution in [3.63, 3.8) is 0 Å². The van der Waals surface area contributed by atoms with Gasteiger partial charge in [0.25, 0.3) is 0 Å². The second kappa shape index (κ2) is 3.97. The third kappa shape index (κ3) is 2.23. The van der Waals surface area contributed by atoms with Crippen LogP contribution in [0.1, 0.15) is 18.0 Å². The zero-order valence-electron chi connectivity index (χ0n) is 6.80. The first kappa shape index (κ1) is 9.62. The SMILES string of the molecule is N#CCC(N)c1cc(F)ccc1F. The quantitative estimate of drug-likeness (QED) is 0.759. The highest BCUT2D eigenvalue weighted by atomic mass is 19.1. The molecule has 13 heavy (non-hydrogen) atoms. The summed E-state index contributed by atoms with van der Waals surface area (Å²) in [5.41, 5.74) is 5.49. The van der Waals surface area contributed by atoms with Gasteiger partial charge in [0, 0.05) is 11.6 Å². The maximum Gasteiger partial charge on any atom is 0.128 e. The standard InChI is InChI=1S/C9H8F2N2/c10-6-1-2-8(11)7(5-6)9(13)3-4-12/h1-2,5,9H,3,13H2. The summed E-state index contributed by atoms with van der Waals surface area (Å²) in [6.07, 6.45) is -0.0274. The molecule has 0 spiro atoms. The van der Waals surface area contributed by atoms with Gasteiger partial charge in [-0.1, -0.05) is 0 Å². The lowest BCUT2D eigenvalue weighted by atomic mass is 10.0. The Morgan fingerprint density at radius 3 is 2.77 bits per heavy atom. The Labute approximate surface area is 74.6 Å². The number of benzene rings is 1. The number of rotatable bonds is 2. The van der Waals surface area contributed by atoms with E-state index in [-0.39, 0.29) is 12.0 Å². The van der Waals surface area contributed by atoms with Crippen molar-refractivity contribution >= 4 is 0 Å². The van der Waals surface area contributed by atoms with Crippen molar-refractivity contribution in [1.29, 1.82) is 5.26 Å². The van der Waals surface area contributed by atoms with Gasteiger partial charge in [0.1, 0.15) is 11.6 Å². The molecule has 0 amide bonds. The first-order valence-corrected chi connectivity index (χ1v) is 3.72. The molecule has 0 fully saturated rings. The summed E-state index contributed by atoms with van der Waals surface area (Å²) < 4.78 is 25.6. The van der Waals surface area contributed by atoms with E-state index in [2.05, 4.69) is 0 Å². The number of hydrogen-bond donors (Lipinski definition) is 1. The molecular weight excluding hydrogens is 174 g/mol. The zero-order valence-corrected chi connectivity index (χ0v) is 6.80. The summed E-state index contributed by atoms with van der Waals surface area (Å²) in [5, 5.41) is 8.31. The second-order valence-corrected chi connectivity index (χ2v) is 2.63. The van der Waals surface area contributed by atoms with E-state index in [9.17, 15) is 8.78 Å². The van der Waals surface area contributed by atoms with Gasteiger partial charge in [-0.3, -0.25) is 0 Å². The molecule has 1 unspecified atom stereocenters. The molecule has 1 aromatic rings. The predicted molar refractivity (Wildman–Crippen MR) is 43.5 cm³/mol. The van der Waals surface area contributed by atoms with E-state index in [1.165, 1.54) is 0 Å². The Balaban J connectivity index is 3.00. The third-order valence-corrected chi connectivity index (χ3v) is 1.67. The van der Waals surface area contributed by atoms with Crippen molar-refractivity contribution in [2.75, 3.05) is 0 Å². The fraction of sp³-hybridized carbons (Fsp3) is 0.222. The minimum absolute atomic E-state index is 0.0274. The Bertz CT molecular complexity index is 344. The van der Waals surface area contributed by atoms with Crippen molar-refractivity contribution < 1.29 is 8.78 Å². The van der Waals surface area contributed by atoms with Crippen LogP contribution in [0.25, 0.3) is 0 Å². The molecule has 1 aromatic carbocycles. The van der Waals surface area contributed by atoms with Crippen LogP contribution in [0.3, 0.4) is 0 Å². The Hall–Kier alpha value is -1.47. The van der Waals surface area contributed by atoms with Crippen molar-refractivity contribution in [3.8, 4) is 6.07 Å². The lowest BCUT2D eigenvalue weighted by Gasteiger charge is -2.08. The van der Waals surface area contributed by atoms with Gasteiger partial charge in [-0.05, 0) is 18.2 Å². The molecule has 0 aliphatic rings. The predicted octanol–water partition coefficient (Wildman–Crippen LogP) is 1.88. The molecule has 4 heteroatoms. The summed E-state index contributed by atoms with van der Waals surface area (Å²) in [6, 6.07) is 4.06. The topological polar surface area (TPSA) is 49.8 Å². The number of halogens is 2. The van der Waals surface area contributed by atoms with Gasteiger partial charge in [0.05, 0.1) is 12.5 Å². The highest BCUT2D eigenvalue weighted by Crippen LogP contribution is 2.18. The Kier molecular flexibility index (Phi) is 2.93. The van der Waals surface area contributed by atoms with E-state index in [0.717, 1.165) is 18.2 Å². The average molecular weight is 182 g/mol. The lowest BCUT2D eigenvalue weighted by Crippen LogP contribution is -2.11. The third-order valence-electron chi connectivity index (χ3n) is 1.67. The van der Waals surface area contributed by atoms with Crippen molar-refractivity contribution in [1.82, 2.24) is 0 Å². The van der Waals surface area contributed by atoms with Gasteiger partial charge >= 0.3 is 0 Å². The van der Waals surface area contributed by atoms with Gasteiger partial charge in [-0.15, -0.1) is 0 Å². The van der Waals surface area contributed by atoms with Crippen LogP contribution in [0.4, 0.5) is 8.78 Å². The van der Waals surface area contributed by atoms with Crippen molar-refractivity contribution in [3.05, 3.63) is 35.4 Å². The summed E-state index contributed by atoms with van der Waals surface area (Å²) in [6.45, 7) is 0. The number of nitrogens with two attached hydrogens (primary N) is 1. The summed E-state index contributed by atoms with van der Waals surface area (Å²) in [5.74, 6) is -1.13. The Morgan fingerprint density at radius 2 is 2.15 bits per heavy atom. The molecular formula is C9H8F2N2. The average Bonchev–Trinajstić information content (AvgIpc) is 2.09. The highest BCUT2D eigenvalue weighted by Gasteiger charge is 2.11. The van der Waals surface area contributed by atoms with Gasteiger partial charge in [-0.25, -0.2) is 8.78 Å². The molecule has 1 rings (SSSR count). The number of hydrogen-bond acceptors (Lipinski definition) is 2. The van der Waals surface area contributed by atoms with E-state index in [1.54, 1.807) is 6.07 Å². The molecule has 0 saturated carbocycles. The number of nitriles is 1. The van der Waals surface area contributed by atoms with Crippen molar-refractivity contribution in [2.24, 2.45) is 5.73 Å². The molecule has 2 nitrogen and oxygen atoms in total. The van der Waals surface area contributed by atoms with E-state index >= 15 is 0 Å². The van der Waals surface area contributed by atoms with Crippen LogP contribution < -0.4 is 5.73 Å². The van der Waals surface area contributed by atoms with E-state index in [1.807, 2.05) is 0 Å². The second-order valence-electron chi connectivity index (χ2n) is 2.63. The smallest absolute Gasteiger partial charge is 0.128 e. The van der Waals surface area contributed by atoms with Crippen LogP contribution in [0, 0.1) is 23.0 Å². The molecule has 0 radical (unpaired) electrons. The molecule has 0 saturated heterocycles. The molecule has 68 valence electrons. The summed E-state index contributed by atoms with van der Waals surface area (Å²) in [7, 11) is 0. The maximum absolute atomic E-state index is 13.0. The highest BCUT2D eigenvalue weighted by molar-refractivity contribution is 5.22. The fourth-order valence-electron chi connectivity index (χ4n) is 1.01. The van der Waals surface area contributed by atoms with E-state index in [4.69, 9.17) is 11.0 Å². The van der Waals surface area contributed by atoms with Crippen LogP contribution in [0.5, 0.6) is 0 Å². The van der Waals surface area contributed by atoms with Crippen LogP contribution in [0.15, 0.2) is 18.2 Å². The van der Waals surface area contributed by atoms with Gasteiger partial charge in [-0.2, -0.15) is 5.26 Å². The molecule has 0 aliphatic heterocycles. The monoisotopic (exact) mass is 182 g/mol. The lowest BCUT2D eigenvalue weighted by molar-refractivity contribution is 0.564.